The maximum Gasteiger partial charge on any atom is 0.336 e. The fourth-order valence-electron chi connectivity index (χ4n) is 1.67. The Morgan fingerprint density at radius 1 is 1.24 bits per heavy atom. The minimum Gasteiger partial charge on any atom is -0.493 e. The van der Waals surface area contributed by atoms with Crippen LogP contribution in [0.1, 0.15) is 13.3 Å². The number of esters is 1. The fraction of sp³-hybridized carbons (Fsp3) is 0.250. The highest BCUT2D eigenvalue weighted by atomic mass is 16.5. The van der Waals surface area contributed by atoms with Gasteiger partial charge in [-0.2, -0.15) is 0 Å². The molecule has 0 saturated carbocycles. The van der Waals surface area contributed by atoms with E-state index in [-0.39, 0.29) is 6.61 Å². The van der Waals surface area contributed by atoms with Crippen LogP contribution in [0.4, 0.5) is 0 Å². The first-order valence-corrected chi connectivity index (χ1v) is 6.55. The Kier molecular flexibility index (Phi) is 4.77. The highest BCUT2D eigenvalue weighted by Gasteiger charge is 2.03. The fourth-order valence-corrected chi connectivity index (χ4v) is 1.67. The van der Waals surface area contributed by atoms with Crippen molar-refractivity contribution in [3.8, 4) is 5.75 Å². The molecule has 5 nitrogen and oxygen atoms in total. The summed E-state index contributed by atoms with van der Waals surface area (Å²) in [5.74, 6) is 0.200. The lowest BCUT2D eigenvalue weighted by atomic mass is 10.2. The number of ether oxygens (including phenoxy) is 2. The first-order chi connectivity index (χ1) is 10.1. The molecular weight excluding hydrogens is 272 g/mol. The van der Waals surface area contributed by atoms with E-state index in [1.807, 2.05) is 6.07 Å². The lowest BCUT2D eigenvalue weighted by Crippen LogP contribution is -2.09. The van der Waals surface area contributed by atoms with Crippen LogP contribution < -0.4 is 10.4 Å². The van der Waals surface area contributed by atoms with E-state index in [1.54, 1.807) is 25.1 Å². The van der Waals surface area contributed by atoms with Crippen LogP contribution in [0.25, 0.3) is 11.0 Å². The van der Waals surface area contributed by atoms with E-state index in [9.17, 15) is 9.59 Å². The predicted molar refractivity (Wildman–Crippen MR) is 78.4 cm³/mol. The molecular formula is C16H16O5. The molecule has 1 heterocycles. The molecule has 0 aliphatic carbocycles. The number of hydrogen-bond donors (Lipinski definition) is 0. The van der Waals surface area contributed by atoms with Gasteiger partial charge in [0.15, 0.2) is 0 Å². The van der Waals surface area contributed by atoms with Crippen molar-refractivity contribution >= 4 is 16.9 Å². The molecule has 0 aliphatic heterocycles. The zero-order chi connectivity index (χ0) is 15.2. The minimum atomic E-state index is -0.400. The van der Waals surface area contributed by atoms with Crippen molar-refractivity contribution < 1.29 is 18.7 Å². The normalized spacial score (nSPS) is 10.3. The van der Waals surface area contributed by atoms with Gasteiger partial charge in [-0.05, 0) is 25.1 Å². The smallest absolute Gasteiger partial charge is 0.336 e. The van der Waals surface area contributed by atoms with Gasteiger partial charge in [-0.15, -0.1) is 0 Å². The minimum absolute atomic E-state index is 0.272. The second-order valence-electron chi connectivity index (χ2n) is 4.57. The molecule has 2 rings (SSSR count). The summed E-state index contributed by atoms with van der Waals surface area (Å²) < 4.78 is 15.5. The van der Waals surface area contributed by atoms with Gasteiger partial charge in [0.2, 0.25) is 0 Å². The van der Waals surface area contributed by atoms with Crippen molar-refractivity contribution in [3.63, 3.8) is 0 Å². The lowest BCUT2D eigenvalue weighted by Gasteiger charge is -2.07. The standard InChI is InChI=1S/C16H16O5/c1-11(2)16(18)20-9-3-8-19-13-6-4-12-5-7-15(17)21-14(12)10-13/h4-7,10H,1,3,8-9H2,2H3. The van der Waals surface area contributed by atoms with Crippen molar-refractivity contribution in [1.82, 2.24) is 0 Å². The van der Waals surface area contributed by atoms with Gasteiger partial charge in [-0.1, -0.05) is 6.58 Å². The van der Waals surface area contributed by atoms with Crippen LogP contribution in [0.3, 0.4) is 0 Å². The molecule has 0 aliphatic rings. The maximum atomic E-state index is 11.1. The third kappa shape index (κ3) is 4.21. The number of hydrogen-bond acceptors (Lipinski definition) is 5. The average Bonchev–Trinajstić information content (AvgIpc) is 2.46. The van der Waals surface area contributed by atoms with E-state index in [4.69, 9.17) is 13.9 Å². The largest absolute Gasteiger partial charge is 0.493 e. The second kappa shape index (κ2) is 6.74. The van der Waals surface area contributed by atoms with E-state index in [2.05, 4.69) is 6.58 Å². The highest BCUT2D eigenvalue weighted by Crippen LogP contribution is 2.19. The van der Waals surface area contributed by atoms with Gasteiger partial charge < -0.3 is 13.9 Å². The average molecular weight is 288 g/mol. The van der Waals surface area contributed by atoms with Crippen LogP contribution in [-0.2, 0) is 9.53 Å². The number of carbonyl (C=O) groups excluding carboxylic acids is 1. The van der Waals surface area contributed by atoms with Crippen molar-refractivity contribution in [2.45, 2.75) is 13.3 Å². The van der Waals surface area contributed by atoms with Gasteiger partial charge in [-0.3, -0.25) is 0 Å². The molecule has 0 N–H and O–H groups in total. The topological polar surface area (TPSA) is 65.7 Å². The Hall–Kier alpha value is -2.56. The van der Waals surface area contributed by atoms with Crippen molar-refractivity contribution in [3.05, 3.63) is 52.9 Å². The van der Waals surface area contributed by atoms with Crippen LogP contribution in [0.5, 0.6) is 5.75 Å². The molecule has 2 aromatic rings. The molecule has 0 unspecified atom stereocenters. The molecule has 1 aromatic carbocycles. The summed E-state index contributed by atoms with van der Waals surface area (Å²) in [5, 5.41) is 0.831. The SMILES string of the molecule is C=C(C)C(=O)OCCCOc1ccc2ccc(=O)oc2c1. The van der Waals surface area contributed by atoms with E-state index in [0.29, 0.717) is 29.9 Å². The van der Waals surface area contributed by atoms with Crippen LogP contribution in [0.2, 0.25) is 0 Å². The Labute approximate surface area is 121 Å². The summed E-state index contributed by atoms with van der Waals surface area (Å²) in [4.78, 5) is 22.3. The van der Waals surface area contributed by atoms with Crippen molar-refractivity contribution in [1.29, 1.82) is 0 Å². The van der Waals surface area contributed by atoms with Crippen molar-refractivity contribution in [2.24, 2.45) is 0 Å². The van der Waals surface area contributed by atoms with Gasteiger partial charge in [0.1, 0.15) is 11.3 Å². The molecule has 1 aromatic heterocycles. The Morgan fingerprint density at radius 3 is 2.76 bits per heavy atom. The van der Waals surface area contributed by atoms with Gasteiger partial charge in [0, 0.05) is 29.5 Å². The summed E-state index contributed by atoms with van der Waals surface area (Å²) >= 11 is 0. The van der Waals surface area contributed by atoms with Crippen molar-refractivity contribution in [2.75, 3.05) is 13.2 Å². The molecule has 0 atom stereocenters. The van der Waals surface area contributed by atoms with Gasteiger partial charge in [0.05, 0.1) is 13.2 Å². The van der Waals surface area contributed by atoms with E-state index >= 15 is 0 Å². The third-order valence-corrected chi connectivity index (χ3v) is 2.73. The molecule has 21 heavy (non-hydrogen) atoms. The van der Waals surface area contributed by atoms with Gasteiger partial charge in [0.25, 0.3) is 0 Å². The Bertz CT molecular complexity index is 714. The summed E-state index contributed by atoms with van der Waals surface area (Å²) in [6, 6.07) is 8.34. The second-order valence-corrected chi connectivity index (χ2v) is 4.57. The summed E-state index contributed by atoms with van der Waals surface area (Å²) in [6.45, 7) is 5.76. The van der Waals surface area contributed by atoms with Crippen LogP contribution in [0.15, 0.2) is 51.7 Å². The zero-order valence-electron chi connectivity index (χ0n) is 11.8. The van der Waals surface area contributed by atoms with E-state index < -0.39 is 11.6 Å². The molecule has 110 valence electrons. The third-order valence-electron chi connectivity index (χ3n) is 2.73. The first kappa shape index (κ1) is 14.8. The summed E-state index contributed by atoms with van der Waals surface area (Å²) in [7, 11) is 0. The van der Waals surface area contributed by atoms with E-state index in [0.717, 1.165) is 5.39 Å². The Balaban J connectivity index is 1.85. The predicted octanol–water partition coefficient (Wildman–Crippen LogP) is 2.68. The molecule has 0 bridgehead atoms. The van der Waals surface area contributed by atoms with Gasteiger partial charge >= 0.3 is 11.6 Å². The lowest BCUT2D eigenvalue weighted by molar-refractivity contribution is -0.139. The molecule has 0 radical (unpaired) electrons. The molecule has 0 spiro atoms. The monoisotopic (exact) mass is 288 g/mol. The molecule has 0 fully saturated rings. The number of rotatable bonds is 6. The summed E-state index contributed by atoms with van der Waals surface area (Å²) in [6.07, 6.45) is 0.565. The first-order valence-electron chi connectivity index (χ1n) is 6.55. The van der Waals surface area contributed by atoms with E-state index in [1.165, 1.54) is 6.07 Å². The number of fused-ring (bicyclic) bond motifs is 1. The zero-order valence-corrected chi connectivity index (χ0v) is 11.8. The van der Waals surface area contributed by atoms with Gasteiger partial charge in [-0.25, -0.2) is 9.59 Å². The number of benzene rings is 1. The molecule has 0 saturated heterocycles. The van der Waals surface area contributed by atoms with Crippen LogP contribution in [-0.4, -0.2) is 19.2 Å². The highest BCUT2D eigenvalue weighted by molar-refractivity contribution is 5.86. The van der Waals surface area contributed by atoms with Crippen LogP contribution >= 0.6 is 0 Å². The quantitative estimate of drug-likeness (QED) is 0.354. The summed E-state index contributed by atoms with van der Waals surface area (Å²) in [5.41, 5.74) is 0.459. The molecule has 0 amide bonds. The van der Waals surface area contributed by atoms with Crippen LogP contribution in [0, 0.1) is 0 Å². The molecule has 5 heteroatoms. The number of carbonyl (C=O) groups is 1. The maximum absolute atomic E-state index is 11.1. The Morgan fingerprint density at radius 2 is 2.00 bits per heavy atom.